The molecule has 0 bridgehead atoms. The number of fused-ring (bicyclic) bond motifs is 2. The van der Waals surface area contributed by atoms with Crippen LogP contribution in [0.3, 0.4) is 0 Å². The summed E-state index contributed by atoms with van der Waals surface area (Å²) < 4.78 is 17.8. The van der Waals surface area contributed by atoms with Crippen LogP contribution >= 0.6 is 45.3 Å². The molecule has 244 valence electrons. The summed E-state index contributed by atoms with van der Waals surface area (Å²) in [6, 6.07) is 21.8. The predicted molar refractivity (Wildman–Crippen MR) is 216 cm³/mol. The summed E-state index contributed by atoms with van der Waals surface area (Å²) in [5.74, 6) is 2.85. The van der Waals surface area contributed by atoms with Gasteiger partial charge in [0.15, 0.2) is 16.6 Å². The van der Waals surface area contributed by atoms with Gasteiger partial charge in [-0.2, -0.15) is 0 Å². The third-order valence-corrected chi connectivity index (χ3v) is 21.0. The van der Waals surface area contributed by atoms with E-state index in [1.54, 1.807) is 0 Å². The van der Waals surface area contributed by atoms with E-state index in [4.69, 9.17) is 15.3 Å². The maximum atomic E-state index is 6.59. The molecule has 0 aliphatic rings. The standard InChI is InChI=1S/C19H27IOSSi.C19H26OSSi/c1-19(2,3)23(4,5)21-16(12-13-20)10-11-17-14-15-8-6-7-9-18(15)22-17;1-7-16(20-22(5,6)19(2,3)4)12-13-17-14-15-10-8-9-11-18(15)21-17/h6-9,12-14,16H,10-11H2,1-5H3;1,8-11,14,16H,12-13H2,2-6H3/b13-12+;. The van der Waals surface area contributed by atoms with Crippen LogP contribution in [0.25, 0.3) is 20.2 Å². The summed E-state index contributed by atoms with van der Waals surface area (Å²) in [7, 11) is -3.52. The van der Waals surface area contributed by atoms with E-state index in [9.17, 15) is 0 Å². The Morgan fingerprint density at radius 2 is 1.20 bits per heavy atom. The molecule has 0 aliphatic carbocycles. The Hall–Kier alpha value is -1.26. The molecule has 0 N–H and O–H groups in total. The number of benzene rings is 2. The smallest absolute Gasteiger partial charge is 0.193 e. The molecule has 0 amide bonds. The fourth-order valence-corrected chi connectivity index (χ4v) is 9.60. The summed E-state index contributed by atoms with van der Waals surface area (Å²) in [5, 5.41) is 3.13. The number of terminal acetylenes is 1. The molecule has 45 heavy (non-hydrogen) atoms. The van der Waals surface area contributed by atoms with Crippen LogP contribution in [0.1, 0.15) is 64.1 Å². The van der Waals surface area contributed by atoms with E-state index in [0.29, 0.717) is 0 Å². The highest BCUT2D eigenvalue weighted by atomic mass is 127. The van der Waals surface area contributed by atoms with Gasteiger partial charge in [0.05, 0.1) is 6.10 Å². The Labute approximate surface area is 297 Å². The summed E-state index contributed by atoms with van der Waals surface area (Å²) >= 11 is 6.07. The van der Waals surface area contributed by atoms with E-state index in [1.165, 1.54) is 29.9 Å². The fourth-order valence-electron chi connectivity index (χ4n) is 4.42. The van der Waals surface area contributed by atoms with Crippen molar-refractivity contribution >= 4 is 82.1 Å². The van der Waals surface area contributed by atoms with E-state index in [0.717, 1.165) is 25.7 Å². The first kappa shape index (κ1) is 38.2. The van der Waals surface area contributed by atoms with Crippen LogP contribution < -0.4 is 0 Å². The lowest BCUT2D eigenvalue weighted by Gasteiger charge is -2.38. The molecule has 2 aromatic heterocycles. The van der Waals surface area contributed by atoms with E-state index in [1.807, 2.05) is 22.7 Å². The van der Waals surface area contributed by atoms with Gasteiger partial charge in [0.25, 0.3) is 0 Å². The third-order valence-electron chi connectivity index (χ3n) is 9.25. The molecule has 0 spiro atoms. The van der Waals surface area contributed by atoms with Crippen LogP contribution in [0.15, 0.2) is 70.8 Å². The van der Waals surface area contributed by atoms with Crippen molar-refractivity contribution in [2.75, 3.05) is 0 Å². The zero-order chi connectivity index (χ0) is 33.5. The van der Waals surface area contributed by atoms with Gasteiger partial charge in [0, 0.05) is 19.2 Å². The Balaban J connectivity index is 0.000000246. The second-order valence-corrected chi connectivity index (χ2v) is 27.4. The molecule has 2 heterocycles. The minimum atomic E-state index is -1.80. The molecule has 0 aliphatic heterocycles. The number of hydrogen-bond acceptors (Lipinski definition) is 4. The van der Waals surface area contributed by atoms with E-state index in [2.05, 4.69) is 167 Å². The van der Waals surface area contributed by atoms with Crippen LogP contribution in [0.2, 0.25) is 36.3 Å². The van der Waals surface area contributed by atoms with Gasteiger partial charge < -0.3 is 8.85 Å². The van der Waals surface area contributed by atoms with Crippen LogP contribution in [0, 0.1) is 12.3 Å². The Bertz CT molecular complexity index is 1510. The molecule has 7 heteroatoms. The molecule has 2 aromatic carbocycles. The number of hydrogen-bond donors (Lipinski definition) is 0. The first-order valence-corrected chi connectivity index (χ1v) is 24.7. The highest BCUT2D eigenvalue weighted by Crippen LogP contribution is 2.39. The van der Waals surface area contributed by atoms with Crippen molar-refractivity contribution in [1.82, 2.24) is 0 Å². The largest absolute Gasteiger partial charge is 0.411 e. The fraction of sp³-hybridized carbons (Fsp3) is 0.474. The molecule has 0 fully saturated rings. The van der Waals surface area contributed by atoms with Crippen molar-refractivity contribution in [3.8, 4) is 12.3 Å². The van der Waals surface area contributed by atoms with Gasteiger partial charge in [-0.15, -0.1) is 29.1 Å². The monoisotopic (exact) mass is 788 g/mol. The van der Waals surface area contributed by atoms with Crippen LogP contribution in [0.5, 0.6) is 0 Å². The lowest BCUT2D eigenvalue weighted by molar-refractivity contribution is 0.216. The normalized spacial score (nSPS) is 14.4. The number of rotatable bonds is 11. The topological polar surface area (TPSA) is 18.5 Å². The van der Waals surface area contributed by atoms with Gasteiger partial charge in [-0.1, -0.05) is 113 Å². The van der Waals surface area contributed by atoms with Crippen molar-refractivity contribution in [2.24, 2.45) is 0 Å². The maximum absolute atomic E-state index is 6.59. The summed E-state index contributed by atoms with van der Waals surface area (Å²) in [6.07, 6.45) is 12.1. The third kappa shape index (κ3) is 11.2. The van der Waals surface area contributed by atoms with Gasteiger partial charge in [-0.3, -0.25) is 0 Å². The van der Waals surface area contributed by atoms with E-state index in [-0.39, 0.29) is 22.3 Å². The molecule has 2 atom stereocenters. The van der Waals surface area contributed by atoms with Crippen molar-refractivity contribution in [3.63, 3.8) is 0 Å². The average molecular weight is 789 g/mol. The minimum absolute atomic E-state index is 0.0777. The average Bonchev–Trinajstić information content (AvgIpc) is 3.56. The lowest BCUT2D eigenvalue weighted by Crippen LogP contribution is -2.43. The van der Waals surface area contributed by atoms with Crippen LogP contribution in [-0.2, 0) is 21.7 Å². The SMILES string of the molecule is C#CC(CCc1cc2ccccc2s1)O[Si](C)(C)C(C)(C)C.CC(C)(C)[Si](C)(C)OC(/C=C/I)CCc1cc2ccccc2s1. The minimum Gasteiger partial charge on any atom is -0.411 e. The van der Waals surface area contributed by atoms with Crippen LogP contribution in [-0.4, -0.2) is 28.8 Å². The Morgan fingerprint density at radius 3 is 1.62 bits per heavy atom. The molecular weight excluding hydrogens is 736 g/mol. The van der Waals surface area contributed by atoms with Crippen molar-refractivity contribution in [1.29, 1.82) is 0 Å². The Kier molecular flexibility index (Phi) is 13.8. The zero-order valence-corrected chi connectivity index (χ0v) is 34.8. The number of halogens is 1. The second kappa shape index (κ2) is 16.2. The van der Waals surface area contributed by atoms with Gasteiger partial charge in [0.1, 0.15) is 6.10 Å². The molecule has 2 nitrogen and oxygen atoms in total. The zero-order valence-electron chi connectivity index (χ0n) is 29.0. The van der Waals surface area contributed by atoms with Crippen LogP contribution in [0.4, 0.5) is 0 Å². The molecule has 0 radical (unpaired) electrons. The number of aryl methyl sites for hydroxylation is 2. The highest BCUT2D eigenvalue weighted by molar-refractivity contribution is 14.1. The van der Waals surface area contributed by atoms with Crippen molar-refractivity contribution in [3.05, 3.63) is 80.6 Å². The van der Waals surface area contributed by atoms with Gasteiger partial charge >= 0.3 is 0 Å². The first-order chi connectivity index (χ1) is 21.0. The van der Waals surface area contributed by atoms with E-state index >= 15 is 0 Å². The maximum Gasteiger partial charge on any atom is 0.193 e. The van der Waals surface area contributed by atoms with Gasteiger partial charge in [-0.05, 0) is 101 Å². The highest BCUT2D eigenvalue weighted by Gasteiger charge is 2.39. The van der Waals surface area contributed by atoms with E-state index < -0.39 is 16.6 Å². The molecule has 2 unspecified atom stereocenters. The molecule has 0 saturated heterocycles. The lowest BCUT2D eigenvalue weighted by atomic mass is 10.1. The summed E-state index contributed by atoms with van der Waals surface area (Å²) in [6.45, 7) is 22.8. The summed E-state index contributed by atoms with van der Waals surface area (Å²) in [5.41, 5.74) is 0. The quantitative estimate of drug-likeness (QED) is 0.0856. The van der Waals surface area contributed by atoms with Gasteiger partial charge in [-0.25, -0.2) is 0 Å². The number of thiophene rings is 2. The molecular formula is C38H53IO2S2Si2. The predicted octanol–water partition coefficient (Wildman–Crippen LogP) is 13.0. The molecule has 0 saturated carbocycles. The Morgan fingerprint density at radius 1 is 0.756 bits per heavy atom. The molecule has 4 aromatic rings. The second-order valence-electron chi connectivity index (χ2n) is 14.8. The molecule has 4 rings (SSSR count). The van der Waals surface area contributed by atoms with Crippen molar-refractivity contribution in [2.45, 2.75) is 116 Å². The van der Waals surface area contributed by atoms with Crippen molar-refractivity contribution < 1.29 is 8.85 Å². The summed E-state index contributed by atoms with van der Waals surface area (Å²) in [4.78, 5) is 2.84. The first-order valence-electron chi connectivity index (χ1n) is 16.0. The van der Waals surface area contributed by atoms with Gasteiger partial charge in [0.2, 0.25) is 0 Å².